The molecule has 0 radical (unpaired) electrons. The third kappa shape index (κ3) is 4.29. The number of likely N-dealkylation sites (N-methyl/N-ethyl adjacent to an activating group) is 1. The topological polar surface area (TPSA) is 72.6 Å². The van der Waals surface area contributed by atoms with Crippen molar-refractivity contribution >= 4 is 11.9 Å². The minimum absolute atomic E-state index is 0.182. The van der Waals surface area contributed by atoms with Crippen molar-refractivity contribution in [2.75, 3.05) is 7.05 Å². The van der Waals surface area contributed by atoms with E-state index >= 15 is 0 Å². The number of rotatable bonds is 4. The summed E-state index contributed by atoms with van der Waals surface area (Å²) in [6, 6.07) is -1.21. The van der Waals surface area contributed by atoms with Gasteiger partial charge in [-0.15, -0.1) is 0 Å². The summed E-state index contributed by atoms with van der Waals surface area (Å²) in [5.41, 5.74) is 5.43. The largest absolute Gasteiger partial charge is 0.461 e. The molecule has 0 aromatic heterocycles. The van der Waals surface area contributed by atoms with Crippen LogP contribution in [0.1, 0.15) is 27.7 Å². The van der Waals surface area contributed by atoms with Crippen molar-refractivity contribution in [1.29, 1.82) is 0 Å². The molecule has 5 heteroatoms. The Hall–Kier alpha value is -1.10. The molecule has 0 aromatic rings. The number of hydrogen-bond acceptors (Lipinski definition) is 4. The number of esters is 1. The van der Waals surface area contributed by atoms with E-state index in [0.29, 0.717) is 0 Å². The zero-order valence-corrected chi connectivity index (χ0v) is 9.98. The zero-order chi connectivity index (χ0) is 12.2. The molecule has 2 unspecified atom stereocenters. The Morgan fingerprint density at radius 2 is 1.67 bits per heavy atom. The smallest absolute Gasteiger partial charge is 0.328 e. The molecule has 15 heavy (non-hydrogen) atoms. The van der Waals surface area contributed by atoms with Gasteiger partial charge in [-0.1, -0.05) is 0 Å². The SMILES string of the molecule is CC(C)OC(=O)C(C)N(C)C(=O)C(C)N. The normalized spacial score (nSPS) is 14.6. The summed E-state index contributed by atoms with van der Waals surface area (Å²) in [4.78, 5) is 24.2. The fourth-order valence-corrected chi connectivity index (χ4v) is 1.00. The molecule has 0 aliphatic rings. The van der Waals surface area contributed by atoms with Crippen LogP contribution in [0.2, 0.25) is 0 Å². The maximum absolute atomic E-state index is 11.5. The van der Waals surface area contributed by atoms with Gasteiger partial charge in [-0.25, -0.2) is 4.79 Å². The molecule has 5 nitrogen and oxygen atoms in total. The molecule has 0 aliphatic carbocycles. The molecule has 0 spiro atoms. The van der Waals surface area contributed by atoms with Crippen molar-refractivity contribution < 1.29 is 14.3 Å². The highest BCUT2D eigenvalue weighted by atomic mass is 16.5. The summed E-state index contributed by atoms with van der Waals surface area (Å²) in [6.07, 6.45) is -0.182. The summed E-state index contributed by atoms with van der Waals surface area (Å²) in [5, 5.41) is 0. The standard InChI is InChI=1S/C10H20N2O3/c1-6(2)15-10(14)8(4)12(5)9(13)7(3)11/h6-8H,11H2,1-5H3. The summed E-state index contributed by atoms with van der Waals surface area (Å²) < 4.78 is 4.99. The predicted octanol–water partition coefficient (Wildman–Crippen LogP) is 0.132. The molecule has 0 bridgehead atoms. The number of hydrogen-bond donors (Lipinski definition) is 1. The Labute approximate surface area is 90.6 Å². The van der Waals surface area contributed by atoms with E-state index < -0.39 is 18.1 Å². The van der Waals surface area contributed by atoms with E-state index in [1.807, 2.05) is 0 Å². The van der Waals surface area contributed by atoms with Crippen LogP contribution in [0.5, 0.6) is 0 Å². The minimum Gasteiger partial charge on any atom is -0.461 e. The number of amides is 1. The van der Waals surface area contributed by atoms with Gasteiger partial charge in [0.25, 0.3) is 0 Å². The molecule has 0 saturated carbocycles. The second-order valence-corrected chi connectivity index (χ2v) is 3.90. The van der Waals surface area contributed by atoms with Crippen molar-refractivity contribution in [3.05, 3.63) is 0 Å². The number of carbonyl (C=O) groups excluding carboxylic acids is 2. The maximum Gasteiger partial charge on any atom is 0.328 e. The first-order chi connectivity index (χ1) is 6.77. The van der Waals surface area contributed by atoms with Crippen LogP contribution >= 0.6 is 0 Å². The lowest BCUT2D eigenvalue weighted by Gasteiger charge is -2.25. The molecule has 0 fully saturated rings. The maximum atomic E-state index is 11.5. The van der Waals surface area contributed by atoms with Gasteiger partial charge in [-0.05, 0) is 27.7 Å². The Kier molecular flexibility index (Phi) is 5.28. The van der Waals surface area contributed by atoms with Crippen molar-refractivity contribution in [3.8, 4) is 0 Å². The van der Waals surface area contributed by atoms with Crippen molar-refractivity contribution in [1.82, 2.24) is 4.90 Å². The van der Waals surface area contributed by atoms with Crippen molar-refractivity contribution in [3.63, 3.8) is 0 Å². The lowest BCUT2D eigenvalue weighted by atomic mass is 10.2. The first-order valence-electron chi connectivity index (χ1n) is 5.00. The third-order valence-electron chi connectivity index (χ3n) is 2.01. The molecule has 88 valence electrons. The fraction of sp³-hybridized carbons (Fsp3) is 0.800. The Bertz CT molecular complexity index is 239. The molecule has 0 saturated heterocycles. The lowest BCUT2D eigenvalue weighted by molar-refractivity contribution is -0.156. The van der Waals surface area contributed by atoms with Crippen LogP contribution in [-0.4, -0.2) is 42.0 Å². The average Bonchev–Trinajstić information content (AvgIpc) is 2.13. The Morgan fingerprint density at radius 1 is 1.20 bits per heavy atom. The minimum atomic E-state index is -0.607. The van der Waals surface area contributed by atoms with E-state index in [9.17, 15) is 9.59 Å². The molecule has 0 heterocycles. The van der Waals surface area contributed by atoms with Crippen molar-refractivity contribution in [2.24, 2.45) is 5.73 Å². The predicted molar refractivity (Wildman–Crippen MR) is 57.1 cm³/mol. The number of ether oxygens (including phenoxy) is 1. The van der Waals surface area contributed by atoms with Crippen LogP contribution in [-0.2, 0) is 14.3 Å². The second-order valence-electron chi connectivity index (χ2n) is 3.90. The van der Waals surface area contributed by atoms with E-state index in [0.717, 1.165) is 0 Å². The number of nitrogens with zero attached hydrogens (tertiary/aromatic N) is 1. The van der Waals surface area contributed by atoms with Gasteiger partial charge in [-0.3, -0.25) is 4.79 Å². The monoisotopic (exact) mass is 216 g/mol. The molecule has 0 aromatic carbocycles. The molecule has 1 amide bonds. The van der Waals surface area contributed by atoms with Crippen LogP contribution in [0, 0.1) is 0 Å². The molecular weight excluding hydrogens is 196 g/mol. The van der Waals surface area contributed by atoms with Gasteiger partial charge in [0.05, 0.1) is 12.1 Å². The highest BCUT2D eigenvalue weighted by Crippen LogP contribution is 2.03. The Balaban J connectivity index is 4.37. The van der Waals surface area contributed by atoms with Crippen LogP contribution in [0.25, 0.3) is 0 Å². The van der Waals surface area contributed by atoms with Crippen LogP contribution in [0.3, 0.4) is 0 Å². The van der Waals surface area contributed by atoms with Gasteiger partial charge in [0.15, 0.2) is 0 Å². The van der Waals surface area contributed by atoms with Gasteiger partial charge in [0.1, 0.15) is 6.04 Å². The van der Waals surface area contributed by atoms with Gasteiger partial charge in [0.2, 0.25) is 5.91 Å². The number of carbonyl (C=O) groups is 2. The van der Waals surface area contributed by atoms with E-state index in [2.05, 4.69) is 0 Å². The third-order valence-corrected chi connectivity index (χ3v) is 2.01. The van der Waals surface area contributed by atoms with E-state index in [1.165, 1.54) is 11.9 Å². The highest BCUT2D eigenvalue weighted by Gasteiger charge is 2.25. The van der Waals surface area contributed by atoms with Crippen LogP contribution in [0.15, 0.2) is 0 Å². The quantitative estimate of drug-likeness (QED) is 0.678. The molecule has 2 N–H and O–H groups in total. The van der Waals surface area contributed by atoms with Crippen LogP contribution < -0.4 is 5.73 Å². The molecule has 0 rings (SSSR count). The first kappa shape index (κ1) is 13.9. The van der Waals surface area contributed by atoms with Gasteiger partial charge < -0.3 is 15.4 Å². The van der Waals surface area contributed by atoms with E-state index in [4.69, 9.17) is 10.5 Å². The zero-order valence-electron chi connectivity index (χ0n) is 9.98. The average molecular weight is 216 g/mol. The van der Waals surface area contributed by atoms with E-state index in [1.54, 1.807) is 27.7 Å². The summed E-state index contributed by atoms with van der Waals surface area (Å²) in [7, 11) is 1.54. The first-order valence-corrected chi connectivity index (χ1v) is 5.00. The van der Waals surface area contributed by atoms with Gasteiger partial charge >= 0.3 is 5.97 Å². The second kappa shape index (κ2) is 5.70. The van der Waals surface area contributed by atoms with Gasteiger partial charge in [0, 0.05) is 7.05 Å². The fourth-order valence-electron chi connectivity index (χ4n) is 1.00. The molecular formula is C10H20N2O3. The summed E-state index contributed by atoms with van der Waals surface area (Å²) in [6.45, 7) is 6.72. The Morgan fingerprint density at radius 3 is 2.00 bits per heavy atom. The molecule has 2 atom stereocenters. The lowest BCUT2D eigenvalue weighted by Crippen LogP contribution is -2.47. The number of nitrogens with two attached hydrogens (primary N) is 1. The summed E-state index contributed by atoms with van der Waals surface area (Å²) >= 11 is 0. The van der Waals surface area contributed by atoms with Gasteiger partial charge in [-0.2, -0.15) is 0 Å². The van der Waals surface area contributed by atoms with Crippen molar-refractivity contribution in [2.45, 2.75) is 45.9 Å². The highest BCUT2D eigenvalue weighted by molar-refractivity contribution is 5.86. The van der Waals surface area contributed by atoms with E-state index in [-0.39, 0.29) is 12.0 Å². The van der Waals surface area contributed by atoms with Crippen LogP contribution in [0.4, 0.5) is 0 Å². The molecule has 0 aliphatic heterocycles. The summed E-state index contributed by atoms with van der Waals surface area (Å²) in [5.74, 6) is -0.690.